The van der Waals surface area contributed by atoms with E-state index in [4.69, 9.17) is 5.84 Å². The first kappa shape index (κ1) is 13.1. The third kappa shape index (κ3) is 2.06. The molecule has 6 heteroatoms. The number of fused-ring (bicyclic) bond motifs is 1. The predicted octanol–water partition coefficient (Wildman–Crippen LogP) is 0.898. The number of nitrogen functional groups attached to an aromatic ring is 1. The maximum absolute atomic E-state index is 12.4. The van der Waals surface area contributed by atoms with Crippen LogP contribution in [0.5, 0.6) is 0 Å². The second kappa shape index (κ2) is 4.86. The van der Waals surface area contributed by atoms with E-state index < -0.39 is 0 Å². The fraction of sp³-hybridized carbons (Fsp3) is 0.500. The highest BCUT2D eigenvalue weighted by Crippen LogP contribution is 2.43. The van der Waals surface area contributed by atoms with Gasteiger partial charge in [-0.25, -0.2) is 10.8 Å². The Morgan fingerprint density at radius 3 is 2.60 bits per heavy atom. The number of hydrogen-bond donors (Lipinski definition) is 2. The highest BCUT2D eigenvalue weighted by atomic mass is 16.2. The molecule has 6 nitrogen and oxygen atoms in total. The van der Waals surface area contributed by atoms with Crippen LogP contribution in [0, 0.1) is 17.8 Å². The number of pyridine rings is 1. The van der Waals surface area contributed by atoms with Gasteiger partial charge in [0.1, 0.15) is 5.82 Å². The average Bonchev–Trinajstić information content (AvgIpc) is 2.93. The van der Waals surface area contributed by atoms with Crippen LogP contribution in [-0.4, -0.2) is 21.7 Å². The summed E-state index contributed by atoms with van der Waals surface area (Å²) in [7, 11) is 0. The molecule has 2 heterocycles. The summed E-state index contributed by atoms with van der Waals surface area (Å²) in [5, 5.41) is 0. The number of aromatic nitrogens is 1. The molecule has 1 aromatic heterocycles. The van der Waals surface area contributed by atoms with E-state index in [0.29, 0.717) is 18.3 Å². The molecule has 1 saturated carbocycles. The van der Waals surface area contributed by atoms with Gasteiger partial charge in [0.05, 0.1) is 18.4 Å². The SMILES string of the molecule is CC1CC2C(=O)N(Cc3ccnc(NN)c3)C(=O)C2C1. The van der Waals surface area contributed by atoms with Crippen molar-refractivity contribution in [1.82, 2.24) is 9.88 Å². The van der Waals surface area contributed by atoms with Crippen molar-refractivity contribution in [2.75, 3.05) is 5.43 Å². The number of imide groups is 1. The standard InChI is InChI=1S/C14H18N4O2/c1-8-4-10-11(5-8)14(20)18(13(10)19)7-9-2-3-16-12(6-9)17-15/h2-3,6,8,10-11H,4-5,7,15H2,1H3,(H,16,17). The quantitative estimate of drug-likeness (QED) is 0.485. The molecule has 2 amide bonds. The Morgan fingerprint density at radius 1 is 1.35 bits per heavy atom. The second-order valence-electron chi connectivity index (χ2n) is 5.75. The molecule has 0 radical (unpaired) electrons. The minimum atomic E-state index is -0.105. The lowest BCUT2D eigenvalue weighted by Crippen LogP contribution is -2.31. The van der Waals surface area contributed by atoms with Gasteiger partial charge in [-0.05, 0) is 36.5 Å². The van der Waals surface area contributed by atoms with E-state index in [1.54, 1.807) is 18.3 Å². The first-order chi connectivity index (χ1) is 9.60. The summed E-state index contributed by atoms with van der Waals surface area (Å²) in [6.45, 7) is 2.40. The summed E-state index contributed by atoms with van der Waals surface area (Å²) in [6.07, 6.45) is 3.27. The Hall–Kier alpha value is -1.95. The molecule has 2 aliphatic rings. The van der Waals surface area contributed by atoms with E-state index in [0.717, 1.165) is 18.4 Å². The summed E-state index contributed by atoms with van der Waals surface area (Å²) in [5.41, 5.74) is 3.31. The van der Waals surface area contributed by atoms with Gasteiger partial charge in [0.2, 0.25) is 11.8 Å². The lowest BCUT2D eigenvalue weighted by molar-refractivity contribution is -0.141. The van der Waals surface area contributed by atoms with Gasteiger partial charge in [0.25, 0.3) is 0 Å². The topological polar surface area (TPSA) is 88.3 Å². The van der Waals surface area contributed by atoms with Crippen molar-refractivity contribution >= 4 is 17.6 Å². The van der Waals surface area contributed by atoms with E-state index in [9.17, 15) is 9.59 Å². The summed E-state index contributed by atoms with van der Waals surface area (Å²) >= 11 is 0. The zero-order chi connectivity index (χ0) is 14.3. The third-order valence-electron chi connectivity index (χ3n) is 4.28. The smallest absolute Gasteiger partial charge is 0.233 e. The average molecular weight is 274 g/mol. The third-order valence-corrected chi connectivity index (χ3v) is 4.28. The molecule has 20 heavy (non-hydrogen) atoms. The molecule has 0 spiro atoms. The Bertz CT molecular complexity index is 536. The largest absolute Gasteiger partial charge is 0.308 e. The second-order valence-corrected chi connectivity index (χ2v) is 5.75. The predicted molar refractivity (Wildman–Crippen MR) is 73.0 cm³/mol. The minimum absolute atomic E-state index is 0.0246. The van der Waals surface area contributed by atoms with E-state index in [1.165, 1.54) is 4.90 Å². The van der Waals surface area contributed by atoms with Crippen molar-refractivity contribution in [3.05, 3.63) is 23.9 Å². The fourth-order valence-electron chi connectivity index (χ4n) is 3.34. The zero-order valence-electron chi connectivity index (χ0n) is 11.4. The van der Waals surface area contributed by atoms with Crippen molar-refractivity contribution in [3.63, 3.8) is 0 Å². The van der Waals surface area contributed by atoms with Crippen LogP contribution in [0.2, 0.25) is 0 Å². The number of carbonyl (C=O) groups is 2. The number of anilines is 1. The van der Waals surface area contributed by atoms with Crippen molar-refractivity contribution in [3.8, 4) is 0 Å². The molecule has 2 atom stereocenters. The summed E-state index contributed by atoms with van der Waals surface area (Å²) in [4.78, 5) is 30.1. The van der Waals surface area contributed by atoms with E-state index in [1.807, 2.05) is 0 Å². The van der Waals surface area contributed by atoms with E-state index in [-0.39, 0.29) is 23.7 Å². The van der Waals surface area contributed by atoms with Gasteiger partial charge in [-0.3, -0.25) is 14.5 Å². The van der Waals surface area contributed by atoms with Crippen LogP contribution in [-0.2, 0) is 16.1 Å². The lowest BCUT2D eigenvalue weighted by atomic mass is 10.00. The number of hydrazine groups is 1. The highest BCUT2D eigenvalue weighted by Gasteiger charge is 2.51. The van der Waals surface area contributed by atoms with Crippen LogP contribution in [0.15, 0.2) is 18.3 Å². The molecule has 1 aliphatic carbocycles. The van der Waals surface area contributed by atoms with Crippen molar-refractivity contribution in [2.45, 2.75) is 26.3 Å². The number of amides is 2. The van der Waals surface area contributed by atoms with Crippen molar-refractivity contribution in [1.29, 1.82) is 0 Å². The molecule has 3 rings (SSSR count). The Balaban J connectivity index is 1.78. The number of likely N-dealkylation sites (tertiary alicyclic amines) is 1. The fourth-order valence-corrected chi connectivity index (χ4v) is 3.34. The van der Waals surface area contributed by atoms with E-state index >= 15 is 0 Å². The molecule has 1 aliphatic heterocycles. The molecule has 3 N–H and O–H groups in total. The molecule has 2 fully saturated rings. The number of carbonyl (C=O) groups excluding carboxylic acids is 2. The van der Waals surface area contributed by atoms with Crippen molar-refractivity contribution in [2.24, 2.45) is 23.6 Å². The molecule has 1 saturated heterocycles. The number of nitrogens with two attached hydrogens (primary N) is 1. The zero-order valence-corrected chi connectivity index (χ0v) is 11.4. The number of nitrogens with zero attached hydrogens (tertiary/aromatic N) is 2. The Morgan fingerprint density at radius 2 is 2.00 bits per heavy atom. The van der Waals surface area contributed by atoms with Crippen LogP contribution < -0.4 is 11.3 Å². The maximum Gasteiger partial charge on any atom is 0.233 e. The van der Waals surface area contributed by atoms with Crippen LogP contribution in [0.4, 0.5) is 5.82 Å². The molecule has 106 valence electrons. The van der Waals surface area contributed by atoms with Crippen LogP contribution in [0.1, 0.15) is 25.3 Å². The van der Waals surface area contributed by atoms with Crippen LogP contribution >= 0.6 is 0 Å². The summed E-state index contributed by atoms with van der Waals surface area (Å²) in [5.74, 6) is 6.04. The van der Waals surface area contributed by atoms with Gasteiger partial charge in [-0.15, -0.1) is 0 Å². The molecule has 1 aromatic rings. The number of hydrogen-bond acceptors (Lipinski definition) is 5. The first-order valence-electron chi connectivity index (χ1n) is 6.87. The maximum atomic E-state index is 12.4. The van der Waals surface area contributed by atoms with Gasteiger partial charge in [0.15, 0.2) is 0 Å². The van der Waals surface area contributed by atoms with Crippen LogP contribution in [0.25, 0.3) is 0 Å². The lowest BCUT2D eigenvalue weighted by Gasteiger charge is -2.17. The van der Waals surface area contributed by atoms with Gasteiger partial charge in [0, 0.05) is 6.20 Å². The van der Waals surface area contributed by atoms with Gasteiger partial charge in [-0.2, -0.15) is 0 Å². The normalized spacial score (nSPS) is 28.9. The minimum Gasteiger partial charge on any atom is -0.308 e. The van der Waals surface area contributed by atoms with Gasteiger partial charge < -0.3 is 5.43 Å². The van der Waals surface area contributed by atoms with Gasteiger partial charge in [-0.1, -0.05) is 6.92 Å². The Labute approximate surface area is 117 Å². The summed E-state index contributed by atoms with van der Waals surface area (Å²) < 4.78 is 0. The number of rotatable bonds is 3. The summed E-state index contributed by atoms with van der Waals surface area (Å²) in [6, 6.07) is 3.54. The molecule has 2 unspecified atom stereocenters. The molecular weight excluding hydrogens is 256 g/mol. The molecule has 0 aromatic carbocycles. The molecular formula is C14H18N4O2. The number of nitrogens with one attached hydrogen (secondary N) is 1. The van der Waals surface area contributed by atoms with E-state index in [2.05, 4.69) is 17.3 Å². The Kier molecular flexibility index (Phi) is 3.17. The van der Waals surface area contributed by atoms with Crippen LogP contribution in [0.3, 0.4) is 0 Å². The monoisotopic (exact) mass is 274 g/mol. The van der Waals surface area contributed by atoms with Crippen molar-refractivity contribution < 1.29 is 9.59 Å². The molecule has 0 bridgehead atoms. The highest BCUT2D eigenvalue weighted by molar-refractivity contribution is 6.05. The first-order valence-corrected chi connectivity index (χ1v) is 6.87. The van der Waals surface area contributed by atoms with Gasteiger partial charge >= 0.3 is 0 Å².